The van der Waals surface area contributed by atoms with Gasteiger partial charge in [-0.15, -0.1) is 5.73 Å². The molecule has 0 aliphatic heterocycles. The minimum atomic E-state index is -4.25. The van der Waals surface area contributed by atoms with Gasteiger partial charge in [-0.3, -0.25) is 0 Å². The first kappa shape index (κ1) is 9.14. The molecule has 66 valence electrons. The molecule has 1 rings (SSSR count). The Morgan fingerprint density at radius 3 is 2.67 bits per heavy atom. The van der Waals surface area contributed by atoms with Crippen LogP contribution in [0.5, 0.6) is 0 Å². The third kappa shape index (κ3) is 2.02. The number of allylic oxidation sites excluding steroid dienone is 3. The second-order valence-electron chi connectivity index (χ2n) is 2.60. The summed E-state index contributed by atoms with van der Waals surface area (Å²) in [6.45, 7) is 1.83. The van der Waals surface area contributed by atoms with Gasteiger partial charge in [0.25, 0.3) is 0 Å². The molecule has 0 unspecified atom stereocenters. The summed E-state index contributed by atoms with van der Waals surface area (Å²) in [6.07, 6.45) is -0.422. The summed E-state index contributed by atoms with van der Waals surface area (Å²) in [5.74, 6) is 0. The first-order valence-corrected chi connectivity index (χ1v) is 3.76. The van der Waals surface area contributed by atoms with Crippen LogP contribution in [-0.2, 0) is 0 Å². The van der Waals surface area contributed by atoms with Crippen molar-refractivity contribution in [1.29, 1.82) is 0 Å². The molecule has 0 bridgehead atoms. The highest BCUT2D eigenvalue weighted by Gasteiger charge is 2.32. The summed E-state index contributed by atoms with van der Waals surface area (Å²) in [6, 6.07) is 0. The van der Waals surface area contributed by atoms with Crippen molar-refractivity contribution in [2.75, 3.05) is 0 Å². The fourth-order valence-electron chi connectivity index (χ4n) is 1.00. The van der Waals surface area contributed by atoms with E-state index in [0.29, 0.717) is 18.4 Å². The number of rotatable bonds is 1. The van der Waals surface area contributed by atoms with Gasteiger partial charge in [0.1, 0.15) is 0 Å². The third-order valence-electron chi connectivity index (χ3n) is 1.69. The van der Waals surface area contributed by atoms with Gasteiger partial charge in [0, 0.05) is 0 Å². The molecule has 0 aromatic heterocycles. The van der Waals surface area contributed by atoms with Crippen molar-refractivity contribution in [3.05, 3.63) is 29.0 Å². The van der Waals surface area contributed by atoms with Crippen molar-refractivity contribution in [2.45, 2.75) is 25.9 Å². The van der Waals surface area contributed by atoms with Gasteiger partial charge >= 0.3 is 6.18 Å². The summed E-state index contributed by atoms with van der Waals surface area (Å²) in [5.41, 5.74) is 2.42. The molecule has 0 aromatic rings. The highest BCUT2D eigenvalue weighted by molar-refractivity contribution is 5.30. The van der Waals surface area contributed by atoms with Gasteiger partial charge in [-0.2, -0.15) is 13.2 Å². The number of alkyl halides is 3. The minimum Gasteiger partial charge on any atom is -0.165 e. The van der Waals surface area contributed by atoms with Crippen LogP contribution in [0.3, 0.4) is 0 Å². The van der Waals surface area contributed by atoms with Crippen molar-refractivity contribution in [2.24, 2.45) is 0 Å². The summed E-state index contributed by atoms with van der Waals surface area (Å²) >= 11 is 0. The van der Waals surface area contributed by atoms with Crippen molar-refractivity contribution >= 4 is 0 Å². The molecule has 0 radical (unpaired) electrons. The van der Waals surface area contributed by atoms with E-state index in [2.05, 4.69) is 5.73 Å². The van der Waals surface area contributed by atoms with Crippen molar-refractivity contribution in [3.8, 4) is 0 Å². The molecule has 3 heteroatoms. The second-order valence-corrected chi connectivity index (χ2v) is 2.60. The fraction of sp³-hybridized carbons (Fsp3) is 0.444. The predicted octanol–water partition coefficient (Wildman–Crippen LogP) is 3.37. The predicted molar refractivity (Wildman–Crippen MR) is 40.6 cm³/mol. The maximum Gasteiger partial charge on any atom is 0.423 e. The first-order chi connectivity index (χ1) is 5.54. The molecule has 0 saturated carbocycles. The Labute approximate surface area is 69.1 Å². The van der Waals surface area contributed by atoms with Crippen molar-refractivity contribution in [3.63, 3.8) is 0 Å². The van der Waals surface area contributed by atoms with Crippen LogP contribution in [0.15, 0.2) is 29.0 Å². The van der Waals surface area contributed by atoms with Crippen LogP contribution in [0.2, 0.25) is 0 Å². The quantitative estimate of drug-likeness (QED) is 0.534. The Balaban J connectivity index is 3.03. The highest BCUT2D eigenvalue weighted by atomic mass is 19.4. The molecule has 0 spiro atoms. The number of hydrogen-bond donors (Lipinski definition) is 0. The zero-order valence-electron chi connectivity index (χ0n) is 6.70. The average molecular weight is 174 g/mol. The van der Waals surface area contributed by atoms with Crippen molar-refractivity contribution in [1.82, 2.24) is 0 Å². The largest absolute Gasteiger partial charge is 0.423 e. The Morgan fingerprint density at radius 1 is 1.50 bits per heavy atom. The molecule has 0 fully saturated rings. The normalized spacial score (nSPS) is 17.3. The molecule has 0 nitrogen and oxygen atoms in total. The van der Waals surface area contributed by atoms with E-state index in [0.717, 1.165) is 6.08 Å². The Hall–Kier alpha value is -0.950. The molecule has 12 heavy (non-hydrogen) atoms. The van der Waals surface area contributed by atoms with Crippen molar-refractivity contribution < 1.29 is 13.2 Å². The number of halogens is 3. The highest BCUT2D eigenvalue weighted by Crippen LogP contribution is 2.28. The topological polar surface area (TPSA) is 0 Å². The lowest BCUT2D eigenvalue weighted by Gasteiger charge is -2.08. The lowest BCUT2D eigenvalue weighted by Crippen LogP contribution is -2.10. The number of hydrogen-bond acceptors (Lipinski definition) is 0. The molecular formula is C9H9F3. The molecular weight excluding hydrogens is 165 g/mol. The van der Waals surface area contributed by atoms with Gasteiger partial charge in [0.15, 0.2) is 0 Å². The lowest BCUT2D eigenvalue weighted by atomic mass is 10.0. The third-order valence-corrected chi connectivity index (χ3v) is 1.69. The maximum atomic E-state index is 12.1. The molecule has 0 amide bonds. The van der Waals surface area contributed by atoms with Crippen LogP contribution in [0.25, 0.3) is 0 Å². The van der Waals surface area contributed by atoms with E-state index in [1.807, 2.05) is 6.92 Å². The molecule has 0 saturated heterocycles. The second kappa shape index (κ2) is 3.20. The minimum absolute atomic E-state index is 0.593. The monoisotopic (exact) mass is 174 g/mol. The zero-order valence-corrected chi connectivity index (χ0v) is 6.70. The standard InChI is InChI=1S/C9H9F3/c1-2-7-4-3-5-8(6-7)9(10,11)12/h3,5H,2,4H2,1H3. The van der Waals surface area contributed by atoms with Gasteiger partial charge in [0.05, 0.1) is 5.57 Å². The van der Waals surface area contributed by atoms with E-state index >= 15 is 0 Å². The van der Waals surface area contributed by atoms with E-state index < -0.39 is 11.7 Å². The van der Waals surface area contributed by atoms with Crippen LogP contribution in [0, 0.1) is 0 Å². The van der Waals surface area contributed by atoms with Gasteiger partial charge in [0.2, 0.25) is 0 Å². The SMILES string of the molecule is CCC1=C=C(C(F)(F)F)C=CC1. The Bertz CT molecular complexity index is 262. The Morgan fingerprint density at radius 2 is 2.17 bits per heavy atom. The summed E-state index contributed by atoms with van der Waals surface area (Å²) in [7, 11) is 0. The maximum absolute atomic E-state index is 12.1. The molecule has 0 atom stereocenters. The lowest BCUT2D eigenvalue weighted by molar-refractivity contribution is -0.0881. The van der Waals surface area contributed by atoms with Crippen LogP contribution >= 0.6 is 0 Å². The molecule has 0 N–H and O–H groups in total. The van der Waals surface area contributed by atoms with Crippen LogP contribution in [0.1, 0.15) is 19.8 Å². The van der Waals surface area contributed by atoms with E-state index in [4.69, 9.17) is 0 Å². The van der Waals surface area contributed by atoms with Gasteiger partial charge in [-0.1, -0.05) is 13.0 Å². The summed E-state index contributed by atoms with van der Waals surface area (Å²) in [5, 5.41) is 0. The summed E-state index contributed by atoms with van der Waals surface area (Å²) < 4.78 is 36.3. The zero-order chi connectivity index (χ0) is 9.19. The first-order valence-electron chi connectivity index (χ1n) is 3.76. The summed E-state index contributed by atoms with van der Waals surface area (Å²) in [4.78, 5) is 0. The Kier molecular flexibility index (Phi) is 2.43. The smallest absolute Gasteiger partial charge is 0.165 e. The van der Waals surface area contributed by atoms with Gasteiger partial charge < -0.3 is 0 Å². The van der Waals surface area contributed by atoms with E-state index in [9.17, 15) is 13.2 Å². The molecule has 0 heterocycles. The van der Waals surface area contributed by atoms with Gasteiger partial charge in [-0.05, 0) is 24.5 Å². The van der Waals surface area contributed by atoms with E-state index in [-0.39, 0.29) is 0 Å². The van der Waals surface area contributed by atoms with Crippen LogP contribution in [-0.4, -0.2) is 6.18 Å². The average Bonchev–Trinajstić information content (AvgIpc) is 2.03. The molecule has 1 aliphatic rings. The van der Waals surface area contributed by atoms with E-state index in [1.165, 1.54) is 6.08 Å². The molecule has 1 aliphatic carbocycles. The van der Waals surface area contributed by atoms with E-state index in [1.54, 1.807) is 0 Å². The van der Waals surface area contributed by atoms with Crippen LogP contribution in [0.4, 0.5) is 13.2 Å². The fourth-order valence-corrected chi connectivity index (χ4v) is 1.00. The van der Waals surface area contributed by atoms with Crippen LogP contribution < -0.4 is 0 Å². The van der Waals surface area contributed by atoms with Gasteiger partial charge in [-0.25, -0.2) is 0 Å². The molecule has 0 aromatic carbocycles.